The molecule has 4 rings (SSSR count). The van der Waals surface area contributed by atoms with E-state index in [1.165, 1.54) is 12.1 Å². The fourth-order valence-corrected chi connectivity index (χ4v) is 4.50. The molecule has 2 N–H and O–H groups in total. The molecule has 10 heteroatoms. The van der Waals surface area contributed by atoms with Crippen molar-refractivity contribution in [2.75, 3.05) is 13.7 Å². The molecule has 0 aliphatic heterocycles. The number of pyridine rings is 1. The van der Waals surface area contributed by atoms with E-state index in [2.05, 4.69) is 20.5 Å². The summed E-state index contributed by atoms with van der Waals surface area (Å²) < 4.78 is 62.1. The van der Waals surface area contributed by atoms with Crippen LogP contribution < -0.4 is 10.1 Å². The van der Waals surface area contributed by atoms with Crippen LogP contribution in [0.5, 0.6) is 5.88 Å². The van der Waals surface area contributed by atoms with Crippen molar-refractivity contribution < 1.29 is 27.1 Å². The molecule has 0 saturated heterocycles. The second kappa shape index (κ2) is 13.3. The van der Waals surface area contributed by atoms with Gasteiger partial charge in [0.1, 0.15) is 0 Å². The topological polar surface area (TPSA) is 79.9 Å². The number of aromatic amines is 1. The van der Waals surface area contributed by atoms with Crippen LogP contribution in [-0.2, 0) is 4.79 Å². The molecular weight excluding hydrogens is 536 g/mol. The van der Waals surface area contributed by atoms with Gasteiger partial charge in [-0.1, -0.05) is 42.5 Å². The number of fused-ring (bicyclic) bond motifs is 1. The summed E-state index contributed by atoms with van der Waals surface area (Å²) in [6, 6.07) is 16.4. The number of rotatable bonds is 11. The normalized spacial score (nSPS) is 12.5. The van der Waals surface area contributed by atoms with Gasteiger partial charge in [0.15, 0.2) is 0 Å². The van der Waals surface area contributed by atoms with Gasteiger partial charge in [0.05, 0.1) is 23.9 Å². The number of carbonyl (C=O) groups is 1. The highest BCUT2D eigenvalue weighted by Crippen LogP contribution is 2.41. The third-order valence-electron chi connectivity index (χ3n) is 6.46. The highest BCUT2D eigenvalue weighted by atomic mass is 19.4. The second-order valence-corrected chi connectivity index (χ2v) is 9.42. The quantitative estimate of drug-likeness (QED) is 0.0873. The molecule has 0 atom stereocenters. The maximum Gasteiger partial charge on any atom is 0.393 e. The standard InChI is InChI=1S/C31H30F4N4O2/c1-20-23(14-16-28(37-20)41-17-9-4-3-8-12-27(40)36-2)29(22-13-15-26-24(18-22)30(32)39-38-26)25(19-31(33,34)35)21-10-6-5-7-11-21/h5-8,10-16,18H,3-4,9,17,19H2,1-2H3,(H,36,40)(H,38,39)/b12-8+,29-25-. The minimum atomic E-state index is -4.50. The summed E-state index contributed by atoms with van der Waals surface area (Å²) in [5.41, 5.74) is 2.46. The van der Waals surface area contributed by atoms with Crippen molar-refractivity contribution in [2.24, 2.45) is 0 Å². The number of allylic oxidation sites excluding steroid dienone is 2. The molecule has 1 amide bonds. The molecule has 6 nitrogen and oxygen atoms in total. The number of amides is 1. The van der Waals surface area contributed by atoms with Crippen molar-refractivity contribution in [1.29, 1.82) is 0 Å². The molecule has 2 aromatic heterocycles. The lowest BCUT2D eigenvalue weighted by Crippen LogP contribution is -2.13. The average molecular weight is 567 g/mol. The van der Waals surface area contributed by atoms with E-state index in [9.17, 15) is 22.4 Å². The zero-order chi connectivity index (χ0) is 29.4. The van der Waals surface area contributed by atoms with Crippen LogP contribution in [0.15, 0.2) is 72.8 Å². The number of benzene rings is 2. The number of nitrogens with one attached hydrogen (secondary N) is 2. The zero-order valence-corrected chi connectivity index (χ0v) is 22.7. The van der Waals surface area contributed by atoms with Crippen molar-refractivity contribution in [1.82, 2.24) is 20.5 Å². The van der Waals surface area contributed by atoms with E-state index in [1.54, 1.807) is 74.6 Å². The Morgan fingerprint density at radius 3 is 2.54 bits per heavy atom. The second-order valence-electron chi connectivity index (χ2n) is 9.42. The summed E-state index contributed by atoms with van der Waals surface area (Å²) in [7, 11) is 1.57. The fraction of sp³-hybridized carbons (Fsp3) is 0.258. The summed E-state index contributed by atoms with van der Waals surface area (Å²) in [6.07, 6.45) is -0.155. The van der Waals surface area contributed by atoms with Crippen LogP contribution in [0, 0.1) is 12.9 Å². The van der Waals surface area contributed by atoms with Crippen LogP contribution in [0.3, 0.4) is 0 Å². The largest absolute Gasteiger partial charge is 0.478 e. The molecule has 0 aliphatic rings. The number of unbranched alkanes of at least 4 members (excludes halogenated alkanes) is 2. The zero-order valence-electron chi connectivity index (χ0n) is 22.7. The Kier molecular flexibility index (Phi) is 9.54. The summed E-state index contributed by atoms with van der Waals surface area (Å²) in [4.78, 5) is 15.8. The van der Waals surface area contributed by atoms with Gasteiger partial charge < -0.3 is 10.1 Å². The number of nitrogens with zero attached hydrogens (tertiary/aromatic N) is 2. The first-order valence-corrected chi connectivity index (χ1v) is 13.1. The average Bonchev–Trinajstić information content (AvgIpc) is 3.32. The lowest BCUT2D eigenvalue weighted by Gasteiger charge is -2.20. The number of aryl methyl sites for hydroxylation is 1. The van der Waals surface area contributed by atoms with Gasteiger partial charge in [-0.25, -0.2) is 4.98 Å². The Balaban J connectivity index is 1.69. The summed E-state index contributed by atoms with van der Waals surface area (Å²) >= 11 is 0. The van der Waals surface area contributed by atoms with E-state index in [0.717, 1.165) is 19.3 Å². The molecule has 0 radical (unpaired) electrons. The maximum atomic E-state index is 14.4. The minimum Gasteiger partial charge on any atom is -0.478 e. The molecule has 41 heavy (non-hydrogen) atoms. The van der Waals surface area contributed by atoms with Gasteiger partial charge in [-0.15, -0.1) is 0 Å². The molecule has 0 fully saturated rings. The van der Waals surface area contributed by atoms with E-state index in [0.29, 0.717) is 46.0 Å². The molecule has 2 aromatic carbocycles. The highest BCUT2D eigenvalue weighted by molar-refractivity contribution is 6.01. The summed E-state index contributed by atoms with van der Waals surface area (Å²) in [5, 5.41) is 8.87. The number of ether oxygens (including phenoxy) is 1. The third kappa shape index (κ3) is 7.81. The molecule has 0 bridgehead atoms. The number of aromatic nitrogens is 3. The first-order valence-electron chi connectivity index (χ1n) is 13.1. The molecule has 0 unspecified atom stereocenters. The van der Waals surface area contributed by atoms with Crippen LogP contribution in [0.25, 0.3) is 22.0 Å². The Labute approximate surface area is 235 Å². The van der Waals surface area contributed by atoms with Crippen molar-refractivity contribution in [2.45, 2.75) is 38.8 Å². The van der Waals surface area contributed by atoms with Crippen molar-refractivity contribution in [3.63, 3.8) is 0 Å². The predicted molar refractivity (Wildman–Crippen MR) is 151 cm³/mol. The highest BCUT2D eigenvalue weighted by Gasteiger charge is 2.32. The number of carbonyl (C=O) groups excluding carboxylic acids is 1. The van der Waals surface area contributed by atoms with E-state index < -0.39 is 18.5 Å². The number of halogens is 4. The Hall–Kier alpha value is -4.47. The number of hydrogen-bond acceptors (Lipinski definition) is 4. The molecule has 214 valence electrons. The van der Waals surface area contributed by atoms with Gasteiger partial charge in [-0.2, -0.15) is 22.7 Å². The summed E-state index contributed by atoms with van der Waals surface area (Å²) in [5.74, 6) is -0.476. The van der Waals surface area contributed by atoms with Gasteiger partial charge >= 0.3 is 6.18 Å². The first kappa shape index (κ1) is 29.5. The van der Waals surface area contributed by atoms with Gasteiger partial charge in [-0.05, 0) is 72.7 Å². The van der Waals surface area contributed by atoms with Crippen LogP contribution >= 0.6 is 0 Å². The van der Waals surface area contributed by atoms with E-state index in [4.69, 9.17) is 4.74 Å². The van der Waals surface area contributed by atoms with Crippen molar-refractivity contribution >= 4 is 28.0 Å². The number of alkyl halides is 3. The Morgan fingerprint density at radius 2 is 1.83 bits per heavy atom. The van der Waals surface area contributed by atoms with Gasteiger partial charge in [-0.3, -0.25) is 9.89 Å². The molecule has 0 spiro atoms. The molecule has 0 aliphatic carbocycles. The first-order chi connectivity index (χ1) is 19.7. The molecule has 2 heterocycles. The van der Waals surface area contributed by atoms with E-state index in [1.807, 2.05) is 0 Å². The monoisotopic (exact) mass is 566 g/mol. The van der Waals surface area contributed by atoms with Crippen molar-refractivity contribution in [3.8, 4) is 5.88 Å². The van der Waals surface area contributed by atoms with Gasteiger partial charge in [0.25, 0.3) is 0 Å². The lowest BCUT2D eigenvalue weighted by molar-refractivity contribution is -0.123. The minimum absolute atomic E-state index is 0.0460. The van der Waals surface area contributed by atoms with E-state index >= 15 is 0 Å². The van der Waals surface area contributed by atoms with E-state index in [-0.39, 0.29) is 16.9 Å². The Morgan fingerprint density at radius 1 is 1.05 bits per heavy atom. The number of hydrogen-bond donors (Lipinski definition) is 2. The third-order valence-corrected chi connectivity index (χ3v) is 6.46. The number of likely N-dealkylation sites (N-methyl/N-ethyl adjacent to an activating group) is 1. The number of H-pyrrole nitrogens is 1. The van der Waals surface area contributed by atoms with Crippen LogP contribution in [-0.4, -0.2) is 40.9 Å². The SMILES string of the molecule is CNC(=O)/C=C/CCCCOc1ccc(/C(=C(/CC(F)(F)F)c2ccccc2)c2ccc3n[nH]c(F)c3c2)c(C)n1. The van der Waals surface area contributed by atoms with Crippen LogP contribution in [0.1, 0.15) is 48.1 Å². The van der Waals surface area contributed by atoms with Gasteiger partial charge in [0.2, 0.25) is 17.7 Å². The maximum absolute atomic E-state index is 14.4. The predicted octanol–water partition coefficient (Wildman–Crippen LogP) is 7.17. The van der Waals surface area contributed by atoms with Gasteiger partial charge in [0, 0.05) is 24.4 Å². The lowest BCUT2D eigenvalue weighted by atomic mass is 9.86. The smallest absolute Gasteiger partial charge is 0.393 e. The van der Waals surface area contributed by atoms with Crippen LogP contribution in [0.4, 0.5) is 17.6 Å². The Bertz CT molecular complexity index is 1560. The van der Waals surface area contributed by atoms with Crippen LogP contribution in [0.2, 0.25) is 0 Å². The molecule has 0 saturated carbocycles. The molecular formula is C31H30F4N4O2. The summed E-state index contributed by atoms with van der Waals surface area (Å²) in [6.45, 7) is 2.10. The molecule has 4 aromatic rings. The van der Waals surface area contributed by atoms with Crippen molar-refractivity contribution in [3.05, 3.63) is 101 Å². The fourth-order valence-electron chi connectivity index (χ4n) is 4.50.